The Morgan fingerprint density at radius 1 is 1.21 bits per heavy atom. The highest BCUT2D eigenvalue weighted by molar-refractivity contribution is 5.92. The Kier molecular flexibility index (Phi) is 5.21. The van der Waals surface area contributed by atoms with Gasteiger partial charge in [0.2, 0.25) is 5.91 Å². The number of aryl methyl sites for hydroxylation is 1. The monoisotopic (exact) mass is 395 g/mol. The molecule has 0 bridgehead atoms. The molecule has 6 nitrogen and oxygen atoms in total. The third-order valence-corrected chi connectivity index (χ3v) is 4.14. The molecule has 2 aromatic heterocycles. The molecule has 28 heavy (non-hydrogen) atoms. The first-order valence-electron chi connectivity index (χ1n) is 8.36. The Morgan fingerprint density at radius 3 is 2.57 bits per heavy atom. The quantitative estimate of drug-likeness (QED) is 0.669. The molecule has 148 valence electrons. The SMILES string of the molecule is Cc1cc(C(F)(F)F)nn1C(C)C(=O)Nc1ccn(Cc2ccccc2F)n1. The van der Waals surface area contributed by atoms with Crippen LogP contribution in [0.2, 0.25) is 0 Å². The van der Waals surface area contributed by atoms with Gasteiger partial charge < -0.3 is 5.32 Å². The number of carbonyl (C=O) groups is 1. The first kappa shape index (κ1) is 19.6. The Morgan fingerprint density at radius 2 is 1.93 bits per heavy atom. The van der Waals surface area contributed by atoms with Gasteiger partial charge in [-0.2, -0.15) is 23.4 Å². The fraction of sp³-hybridized carbons (Fsp3) is 0.278. The summed E-state index contributed by atoms with van der Waals surface area (Å²) in [6.07, 6.45) is -3.02. The third-order valence-electron chi connectivity index (χ3n) is 4.14. The minimum Gasteiger partial charge on any atom is -0.307 e. The molecule has 1 atom stereocenters. The van der Waals surface area contributed by atoms with Crippen LogP contribution in [0.5, 0.6) is 0 Å². The number of amides is 1. The molecule has 0 spiro atoms. The lowest BCUT2D eigenvalue weighted by Gasteiger charge is -2.13. The van der Waals surface area contributed by atoms with E-state index in [1.807, 2.05) is 0 Å². The maximum Gasteiger partial charge on any atom is 0.435 e. The van der Waals surface area contributed by atoms with E-state index >= 15 is 0 Å². The summed E-state index contributed by atoms with van der Waals surface area (Å²) < 4.78 is 54.5. The number of nitrogens with zero attached hydrogens (tertiary/aromatic N) is 4. The second kappa shape index (κ2) is 7.45. The summed E-state index contributed by atoms with van der Waals surface area (Å²) in [5.41, 5.74) is -0.414. The van der Waals surface area contributed by atoms with Gasteiger partial charge in [-0.25, -0.2) is 4.39 Å². The van der Waals surface area contributed by atoms with Crippen LogP contribution < -0.4 is 5.32 Å². The summed E-state index contributed by atoms with van der Waals surface area (Å²) in [7, 11) is 0. The number of hydrogen-bond donors (Lipinski definition) is 1. The number of benzene rings is 1. The molecule has 10 heteroatoms. The van der Waals surface area contributed by atoms with Gasteiger partial charge in [-0.1, -0.05) is 18.2 Å². The predicted molar refractivity (Wildman–Crippen MR) is 93.0 cm³/mol. The predicted octanol–water partition coefficient (Wildman–Crippen LogP) is 3.79. The summed E-state index contributed by atoms with van der Waals surface area (Å²) in [4.78, 5) is 12.4. The van der Waals surface area contributed by atoms with Crippen LogP contribution in [0.25, 0.3) is 0 Å². The molecule has 2 heterocycles. The molecule has 0 aliphatic rings. The maximum absolute atomic E-state index is 13.7. The molecule has 0 fully saturated rings. The average molecular weight is 395 g/mol. The zero-order valence-corrected chi connectivity index (χ0v) is 15.0. The van der Waals surface area contributed by atoms with E-state index in [9.17, 15) is 22.4 Å². The lowest BCUT2D eigenvalue weighted by Crippen LogP contribution is -2.26. The van der Waals surface area contributed by atoms with E-state index in [1.54, 1.807) is 24.4 Å². The van der Waals surface area contributed by atoms with Crippen molar-refractivity contribution in [3.05, 3.63) is 65.4 Å². The normalized spacial score (nSPS) is 12.8. The van der Waals surface area contributed by atoms with Crippen molar-refractivity contribution < 1.29 is 22.4 Å². The van der Waals surface area contributed by atoms with Crippen molar-refractivity contribution in [2.45, 2.75) is 32.6 Å². The standard InChI is InChI=1S/C18H17F4N5O/c1-11-9-15(18(20,21)22)24-27(11)12(2)17(28)23-16-7-8-26(25-16)10-13-5-3-4-6-14(13)19/h3-9,12H,10H2,1-2H3,(H,23,25,28). The zero-order chi connectivity index (χ0) is 20.5. The Bertz CT molecular complexity index is 992. The van der Waals surface area contributed by atoms with Crippen LogP contribution in [0.3, 0.4) is 0 Å². The molecule has 1 unspecified atom stereocenters. The number of aromatic nitrogens is 4. The van der Waals surface area contributed by atoms with Crippen molar-refractivity contribution in [3.8, 4) is 0 Å². The number of alkyl halides is 3. The van der Waals surface area contributed by atoms with Crippen LogP contribution in [-0.2, 0) is 17.5 Å². The summed E-state index contributed by atoms with van der Waals surface area (Å²) in [5, 5.41) is 10.1. The van der Waals surface area contributed by atoms with Gasteiger partial charge in [0, 0.05) is 23.5 Å². The van der Waals surface area contributed by atoms with Crippen LogP contribution in [0.4, 0.5) is 23.4 Å². The lowest BCUT2D eigenvalue weighted by molar-refractivity contribution is -0.141. The van der Waals surface area contributed by atoms with Gasteiger partial charge in [0.25, 0.3) is 0 Å². The van der Waals surface area contributed by atoms with E-state index in [4.69, 9.17) is 0 Å². The summed E-state index contributed by atoms with van der Waals surface area (Å²) >= 11 is 0. The first-order valence-corrected chi connectivity index (χ1v) is 8.36. The van der Waals surface area contributed by atoms with E-state index in [1.165, 1.54) is 30.7 Å². The average Bonchev–Trinajstić information content (AvgIpc) is 3.22. The fourth-order valence-corrected chi connectivity index (χ4v) is 2.68. The van der Waals surface area contributed by atoms with Gasteiger partial charge in [-0.15, -0.1) is 0 Å². The molecule has 0 saturated carbocycles. The van der Waals surface area contributed by atoms with Gasteiger partial charge >= 0.3 is 6.18 Å². The van der Waals surface area contributed by atoms with E-state index in [2.05, 4.69) is 15.5 Å². The van der Waals surface area contributed by atoms with E-state index in [0.29, 0.717) is 5.56 Å². The van der Waals surface area contributed by atoms with Crippen LogP contribution in [0.1, 0.15) is 29.9 Å². The minimum atomic E-state index is -4.59. The highest BCUT2D eigenvalue weighted by Gasteiger charge is 2.35. The number of nitrogens with one attached hydrogen (secondary N) is 1. The summed E-state index contributed by atoms with van der Waals surface area (Å²) in [5.74, 6) is -0.739. The highest BCUT2D eigenvalue weighted by Crippen LogP contribution is 2.29. The van der Waals surface area contributed by atoms with Gasteiger partial charge in [-0.3, -0.25) is 14.2 Å². The van der Waals surface area contributed by atoms with E-state index in [0.717, 1.165) is 10.7 Å². The van der Waals surface area contributed by atoms with Gasteiger partial charge in [0.05, 0.1) is 6.54 Å². The second-order valence-electron chi connectivity index (χ2n) is 6.27. The van der Waals surface area contributed by atoms with Crippen LogP contribution in [0.15, 0.2) is 42.6 Å². The van der Waals surface area contributed by atoms with Gasteiger partial charge in [0.1, 0.15) is 11.9 Å². The molecule has 3 aromatic rings. The van der Waals surface area contributed by atoms with Crippen molar-refractivity contribution in [2.24, 2.45) is 0 Å². The van der Waals surface area contributed by atoms with E-state index in [-0.39, 0.29) is 23.9 Å². The number of halogens is 4. The fourth-order valence-electron chi connectivity index (χ4n) is 2.68. The third kappa shape index (κ3) is 4.21. The lowest BCUT2D eigenvalue weighted by atomic mass is 10.2. The molecular formula is C18H17F4N5O. The largest absolute Gasteiger partial charge is 0.435 e. The maximum atomic E-state index is 13.7. The van der Waals surface area contributed by atoms with Crippen LogP contribution >= 0.6 is 0 Å². The number of anilines is 1. The topological polar surface area (TPSA) is 64.7 Å². The highest BCUT2D eigenvalue weighted by atomic mass is 19.4. The first-order chi connectivity index (χ1) is 13.1. The van der Waals surface area contributed by atoms with Gasteiger partial charge in [-0.05, 0) is 26.0 Å². The molecule has 1 N–H and O–H groups in total. The number of hydrogen-bond acceptors (Lipinski definition) is 3. The Balaban J connectivity index is 1.69. The zero-order valence-electron chi connectivity index (χ0n) is 15.0. The van der Waals surface area contributed by atoms with Crippen molar-refractivity contribution in [2.75, 3.05) is 5.32 Å². The second-order valence-corrected chi connectivity index (χ2v) is 6.27. The Hall–Kier alpha value is -3.17. The molecular weight excluding hydrogens is 378 g/mol. The van der Waals surface area contributed by atoms with Crippen molar-refractivity contribution >= 4 is 11.7 Å². The molecule has 0 aliphatic heterocycles. The van der Waals surface area contributed by atoms with Crippen LogP contribution in [-0.4, -0.2) is 25.5 Å². The molecule has 0 saturated heterocycles. The molecule has 1 amide bonds. The molecule has 1 aromatic carbocycles. The molecule has 3 rings (SSSR count). The minimum absolute atomic E-state index is 0.172. The Labute approximate surface area is 157 Å². The molecule has 0 radical (unpaired) electrons. The summed E-state index contributed by atoms with van der Waals surface area (Å²) in [6, 6.07) is 7.66. The van der Waals surface area contributed by atoms with E-state index < -0.39 is 23.8 Å². The smallest absolute Gasteiger partial charge is 0.307 e. The number of carbonyl (C=O) groups excluding carboxylic acids is 1. The van der Waals surface area contributed by atoms with Crippen molar-refractivity contribution in [3.63, 3.8) is 0 Å². The number of rotatable bonds is 5. The summed E-state index contributed by atoms with van der Waals surface area (Å²) in [6.45, 7) is 3.05. The van der Waals surface area contributed by atoms with Crippen LogP contribution in [0, 0.1) is 12.7 Å². The van der Waals surface area contributed by atoms with Crippen molar-refractivity contribution in [1.29, 1.82) is 0 Å². The van der Waals surface area contributed by atoms with Gasteiger partial charge in [0.15, 0.2) is 11.5 Å². The molecule has 0 aliphatic carbocycles. The van der Waals surface area contributed by atoms with Crippen molar-refractivity contribution in [1.82, 2.24) is 19.6 Å².